The van der Waals surface area contributed by atoms with E-state index >= 15 is 0 Å². The highest BCUT2D eigenvalue weighted by atomic mass is 19.4. The van der Waals surface area contributed by atoms with Crippen LogP contribution in [0.4, 0.5) is 13.2 Å². The number of ether oxygens (including phenoxy) is 2. The number of esters is 1. The fourth-order valence-electron chi connectivity index (χ4n) is 1.37. The highest BCUT2D eigenvalue weighted by molar-refractivity contribution is 5.81. The molecule has 2 atom stereocenters. The number of nitrogens with two attached hydrogens (primary N) is 1. The first-order chi connectivity index (χ1) is 7.75. The fourth-order valence-corrected chi connectivity index (χ4v) is 1.37. The summed E-state index contributed by atoms with van der Waals surface area (Å²) >= 11 is 0. The van der Waals surface area contributed by atoms with Gasteiger partial charge >= 0.3 is 12.1 Å². The van der Waals surface area contributed by atoms with Crippen LogP contribution in [0.5, 0.6) is 0 Å². The maximum atomic E-state index is 12.4. The number of carbonyl (C=O) groups excluding carboxylic acids is 1. The Bertz CT molecular complexity index is 272. The minimum atomic E-state index is -4.82. The molecular weight excluding hydrogens is 239 g/mol. The van der Waals surface area contributed by atoms with Crippen LogP contribution in [-0.4, -0.2) is 37.0 Å². The summed E-state index contributed by atoms with van der Waals surface area (Å²) in [5, 5.41) is 0. The molecule has 2 N–H and O–H groups in total. The zero-order valence-electron chi connectivity index (χ0n) is 9.55. The standard InChI is InChI=1S/C10H16F3NO3/c1-9(14,10(11,12)13)8(15)17-6-7-4-2-3-5-16-7/h7H,2-6,14H2,1H3. The van der Waals surface area contributed by atoms with E-state index in [-0.39, 0.29) is 12.7 Å². The minimum Gasteiger partial charge on any atom is -0.461 e. The van der Waals surface area contributed by atoms with E-state index in [1.54, 1.807) is 0 Å². The van der Waals surface area contributed by atoms with Gasteiger partial charge in [0.05, 0.1) is 6.10 Å². The Morgan fingerprint density at radius 3 is 2.59 bits per heavy atom. The number of hydrogen-bond acceptors (Lipinski definition) is 4. The Hall–Kier alpha value is -0.820. The first-order valence-electron chi connectivity index (χ1n) is 5.39. The van der Waals surface area contributed by atoms with Gasteiger partial charge in [-0.2, -0.15) is 13.2 Å². The van der Waals surface area contributed by atoms with Gasteiger partial charge in [-0.3, -0.25) is 0 Å². The van der Waals surface area contributed by atoms with Crippen LogP contribution in [0.25, 0.3) is 0 Å². The molecule has 0 aliphatic carbocycles. The predicted octanol–water partition coefficient (Wildman–Crippen LogP) is 1.38. The average molecular weight is 255 g/mol. The second-order valence-corrected chi connectivity index (χ2v) is 4.29. The van der Waals surface area contributed by atoms with Crippen molar-refractivity contribution in [3.8, 4) is 0 Å². The highest BCUT2D eigenvalue weighted by Crippen LogP contribution is 2.29. The Kier molecular flexibility index (Phi) is 4.37. The first-order valence-corrected chi connectivity index (χ1v) is 5.39. The van der Waals surface area contributed by atoms with Crippen LogP contribution in [0.1, 0.15) is 26.2 Å². The quantitative estimate of drug-likeness (QED) is 0.774. The van der Waals surface area contributed by atoms with Gasteiger partial charge in [-0.25, -0.2) is 4.79 Å². The summed E-state index contributed by atoms with van der Waals surface area (Å²) in [6.07, 6.45) is -2.63. The Morgan fingerprint density at radius 2 is 2.12 bits per heavy atom. The highest BCUT2D eigenvalue weighted by Gasteiger charge is 2.55. The SMILES string of the molecule is CC(N)(C(=O)OCC1CCCCO1)C(F)(F)F. The number of halogens is 3. The molecule has 1 aliphatic rings. The Labute approximate surface area is 97.2 Å². The van der Waals surface area contributed by atoms with E-state index < -0.39 is 17.7 Å². The van der Waals surface area contributed by atoms with Gasteiger partial charge in [-0.05, 0) is 26.2 Å². The summed E-state index contributed by atoms with van der Waals surface area (Å²) < 4.78 is 47.0. The lowest BCUT2D eigenvalue weighted by Crippen LogP contribution is -2.58. The number of carbonyl (C=O) groups is 1. The number of rotatable bonds is 3. The Balaban J connectivity index is 2.43. The van der Waals surface area contributed by atoms with Crippen LogP contribution in [-0.2, 0) is 14.3 Å². The summed E-state index contributed by atoms with van der Waals surface area (Å²) in [6.45, 7) is 0.958. The van der Waals surface area contributed by atoms with Crippen LogP contribution in [0.3, 0.4) is 0 Å². The molecule has 0 aromatic heterocycles. The predicted molar refractivity (Wildman–Crippen MR) is 53.2 cm³/mol. The topological polar surface area (TPSA) is 61.6 Å². The lowest BCUT2D eigenvalue weighted by atomic mass is 10.0. The molecule has 0 spiro atoms. The van der Waals surface area contributed by atoms with Crippen LogP contribution < -0.4 is 5.73 Å². The Morgan fingerprint density at radius 1 is 1.47 bits per heavy atom. The second kappa shape index (κ2) is 5.22. The average Bonchev–Trinajstić information content (AvgIpc) is 2.25. The number of alkyl halides is 3. The van der Waals surface area contributed by atoms with E-state index in [0.29, 0.717) is 20.0 Å². The summed E-state index contributed by atoms with van der Waals surface area (Å²) in [4.78, 5) is 11.2. The van der Waals surface area contributed by atoms with E-state index in [2.05, 4.69) is 4.74 Å². The van der Waals surface area contributed by atoms with Crippen LogP contribution in [0, 0.1) is 0 Å². The van der Waals surface area contributed by atoms with Crippen molar-refractivity contribution in [1.29, 1.82) is 0 Å². The summed E-state index contributed by atoms with van der Waals surface area (Å²) in [5.74, 6) is -1.47. The molecule has 0 aromatic rings. The molecule has 1 aliphatic heterocycles. The summed E-state index contributed by atoms with van der Waals surface area (Å²) in [7, 11) is 0. The van der Waals surface area contributed by atoms with Gasteiger partial charge in [0.25, 0.3) is 0 Å². The molecule has 100 valence electrons. The molecule has 4 nitrogen and oxygen atoms in total. The van der Waals surface area contributed by atoms with Crippen molar-refractivity contribution < 1.29 is 27.4 Å². The maximum absolute atomic E-state index is 12.4. The molecule has 1 saturated heterocycles. The zero-order valence-corrected chi connectivity index (χ0v) is 9.55. The lowest BCUT2D eigenvalue weighted by Gasteiger charge is -2.27. The van der Waals surface area contributed by atoms with Crippen molar-refractivity contribution in [2.24, 2.45) is 5.73 Å². The van der Waals surface area contributed by atoms with E-state index in [0.717, 1.165) is 12.8 Å². The molecule has 0 bridgehead atoms. The van der Waals surface area contributed by atoms with Gasteiger partial charge in [-0.1, -0.05) is 0 Å². The molecule has 2 unspecified atom stereocenters. The molecule has 1 heterocycles. The van der Waals surface area contributed by atoms with Gasteiger partial charge in [0, 0.05) is 6.61 Å². The van der Waals surface area contributed by atoms with E-state index in [4.69, 9.17) is 10.5 Å². The zero-order chi connectivity index (χ0) is 13.1. The molecule has 0 radical (unpaired) electrons. The van der Waals surface area contributed by atoms with Gasteiger partial charge in [0.2, 0.25) is 5.54 Å². The van der Waals surface area contributed by atoms with Crippen LogP contribution in [0.15, 0.2) is 0 Å². The van der Waals surface area contributed by atoms with Crippen molar-refractivity contribution >= 4 is 5.97 Å². The lowest BCUT2D eigenvalue weighted by molar-refractivity contribution is -0.204. The molecule has 7 heteroatoms. The molecular formula is C10H16F3NO3. The molecule has 0 saturated carbocycles. The third-order valence-corrected chi connectivity index (χ3v) is 2.69. The normalized spacial score (nSPS) is 25.1. The molecule has 1 rings (SSSR count). The molecule has 17 heavy (non-hydrogen) atoms. The van der Waals surface area contributed by atoms with Crippen molar-refractivity contribution in [1.82, 2.24) is 0 Å². The molecule has 0 amide bonds. The fraction of sp³-hybridized carbons (Fsp3) is 0.900. The number of hydrogen-bond donors (Lipinski definition) is 1. The summed E-state index contributed by atoms with van der Waals surface area (Å²) in [6, 6.07) is 0. The van der Waals surface area contributed by atoms with Gasteiger partial charge in [-0.15, -0.1) is 0 Å². The third-order valence-electron chi connectivity index (χ3n) is 2.69. The summed E-state index contributed by atoms with van der Waals surface area (Å²) in [5.41, 5.74) is 1.94. The van der Waals surface area contributed by atoms with Crippen LogP contribution >= 0.6 is 0 Å². The molecule has 0 aromatic carbocycles. The van der Waals surface area contributed by atoms with E-state index in [1.807, 2.05) is 0 Å². The van der Waals surface area contributed by atoms with E-state index in [1.165, 1.54) is 0 Å². The third kappa shape index (κ3) is 3.57. The van der Waals surface area contributed by atoms with Crippen molar-refractivity contribution in [2.45, 2.75) is 44.0 Å². The maximum Gasteiger partial charge on any atom is 0.416 e. The second-order valence-electron chi connectivity index (χ2n) is 4.29. The molecule has 1 fully saturated rings. The van der Waals surface area contributed by atoms with Crippen molar-refractivity contribution in [3.05, 3.63) is 0 Å². The van der Waals surface area contributed by atoms with Gasteiger partial charge < -0.3 is 15.2 Å². The first kappa shape index (κ1) is 14.2. The largest absolute Gasteiger partial charge is 0.461 e. The minimum absolute atomic E-state index is 0.179. The van der Waals surface area contributed by atoms with Crippen molar-refractivity contribution in [2.75, 3.05) is 13.2 Å². The van der Waals surface area contributed by atoms with E-state index in [9.17, 15) is 18.0 Å². The van der Waals surface area contributed by atoms with Crippen molar-refractivity contribution in [3.63, 3.8) is 0 Å². The van der Waals surface area contributed by atoms with Gasteiger partial charge in [0.15, 0.2) is 0 Å². The van der Waals surface area contributed by atoms with Crippen LogP contribution in [0.2, 0.25) is 0 Å². The smallest absolute Gasteiger partial charge is 0.416 e. The monoisotopic (exact) mass is 255 g/mol. The van der Waals surface area contributed by atoms with Gasteiger partial charge in [0.1, 0.15) is 6.61 Å².